The number of hydrogen-bond acceptors (Lipinski definition) is 4. The highest BCUT2D eigenvalue weighted by molar-refractivity contribution is 5.84. The largest absolute Gasteiger partial charge is 0.546 e. The van der Waals surface area contributed by atoms with Gasteiger partial charge in [0, 0.05) is 0 Å². The van der Waals surface area contributed by atoms with E-state index in [0.717, 1.165) is 16.5 Å². The normalized spacial score (nSPS) is 10.7. The Balaban J connectivity index is 1.96. The number of fused-ring (bicyclic) bond motifs is 1. The molecule has 0 bridgehead atoms. The van der Waals surface area contributed by atoms with Crippen molar-refractivity contribution < 1.29 is 14.6 Å². The fourth-order valence-corrected chi connectivity index (χ4v) is 2.21. The van der Waals surface area contributed by atoms with Gasteiger partial charge in [0.05, 0.1) is 23.4 Å². The summed E-state index contributed by atoms with van der Waals surface area (Å²) in [5.41, 5.74) is 2.01. The number of carbonyl (C=O) groups excluding carboxylic acids is 1. The van der Waals surface area contributed by atoms with E-state index in [1.165, 1.54) is 0 Å². The summed E-state index contributed by atoms with van der Waals surface area (Å²) in [7, 11) is 0. The van der Waals surface area contributed by atoms with E-state index >= 15 is 0 Å². The van der Waals surface area contributed by atoms with Crippen LogP contribution < -0.4 is 9.84 Å². The van der Waals surface area contributed by atoms with E-state index in [1.807, 2.05) is 54.6 Å². The Kier molecular flexibility index (Phi) is 3.55. The molecule has 0 saturated heterocycles. The molecule has 0 aliphatic carbocycles. The number of aliphatic carboxylic acids is 1. The highest BCUT2D eigenvalue weighted by Crippen LogP contribution is 2.25. The van der Waals surface area contributed by atoms with Gasteiger partial charge < -0.3 is 14.6 Å². The predicted octanol–water partition coefficient (Wildman–Crippen LogP) is 1.21. The van der Waals surface area contributed by atoms with E-state index in [9.17, 15) is 9.90 Å². The van der Waals surface area contributed by atoms with Crippen LogP contribution in [0.5, 0.6) is 5.88 Å². The standard InChI is InChI=1S/C16H14N2O3/c19-15(20)11-21-16-13-8-4-5-9-14(13)18(17-16)10-12-6-2-1-3-7-12/h1-9H,10-11H2,(H,19,20)/p-1. The number of carboxylic acid groups (broad SMARTS) is 1. The Bertz CT molecular complexity index is 766. The molecule has 3 rings (SSSR count). The van der Waals surface area contributed by atoms with Crippen molar-refractivity contribution in [2.75, 3.05) is 6.61 Å². The quantitative estimate of drug-likeness (QED) is 0.705. The van der Waals surface area contributed by atoms with E-state index in [2.05, 4.69) is 5.10 Å². The monoisotopic (exact) mass is 281 g/mol. The number of rotatable bonds is 5. The average molecular weight is 281 g/mol. The van der Waals surface area contributed by atoms with Gasteiger partial charge in [-0.05, 0) is 17.7 Å². The number of ether oxygens (including phenoxy) is 1. The summed E-state index contributed by atoms with van der Waals surface area (Å²) in [5, 5.41) is 15.7. The van der Waals surface area contributed by atoms with E-state index < -0.39 is 12.6 Å². The summed E-state index contributed by atoms with van der Waals surface area (Å²) in [4.78, 5) is 10.5. The first-order chi connectivity index (χ1) is 10.2. The molecule has 5 nitrogen and oxygen atoms in total. The Hall–Kier alpha value is -2.82. The highest BCUT2D eigenvalue weighted by Gasteiger charge is 2.11. The summed E-state index contributed by atoms with van der Waals surface area (Å²) in [6.07, 6.45) is 0. The van der Waals surface area contributed by atoms with Crippen LogP contribution in [0.2, 0.25) is 0 Å². The molecule has 106 valence electrons. The van der Waals surface area contributed by atoms with E-state index in [1.54, 1.807) is 4.68 Å². The lowest BCUT2D eigenvalue weighted by atomic mass is 10.2. The maximum atomic E-state index is 10.5. The first-order valence-electron chi connectivity index (χ1n) is 6.56. The number of aromatic nitrogens is 2. The van der Waals surface area contributed by atoms with Gasteiger partial charge in [-0.25, -0.2) is 0 Å². The smallest absolute Gasteiger partial charge is 0.241 e. The van der Waals surface area contributed by atoms with Gasteiger partial charge in [0.1, 0.15) is 6.61 Å². The minimum Gasteiger partial charge on any atom is -0.546 e. The third-order valence-electron chi connectivity index (χ3n) is 3.13. The summed E-state index contributed by atoms with van der Waals surface area (Å²) < 4.78 is 7.01. The van der Waals surface area contributed by atoms with Crippen LogP contribution in [0.4, 0.5) is 0 Å². The van der Waals surface area contributed by atoms with Crippen LogP contribution in [0, 0.1) is 0 Å². The molecule has 0 aliphatic heterocycles. The fourth-order valence-electron chi connectivity index (χ4n) is 2.21. The first-order valence-corrected chi connectivity index (χ1v) is 6.56. The second-order valence-electron chi connectivity index (χ2n) is 4.63. The second-order valence-corrected chi connectivity index (χ2v) is 4.63. The molecule has 0 N–H and O–H groups in total. The number of carbonyl (C=O) groups is 1. The molecule has 21 heavy (non-hydrogen) atoms. The van der Waals surface area contributed by atoms with Crippen molar-refractivity contribution in [2.45, 2.75) is 6.54 Å². The third-order valence-corrected chi connectivity index (χ3v) is 3.13. The number of hydrogen-bond donors (Lipinski definition) is 0. The zero-order chi connectivity index (χ0) is 14.7. The molecule has 1 heterocycles. The molecule has 5 heteroatoms. The van der Waals surface area contributed by atoms with Crippen LogP contribution in [0.3, 0.4) is 0 Å². The highest BCUT2D eigenvalue weighted by atomic mass is 16.5. The molecule has 0 radical (unpaired) electrons. The predicted molar refractivity (Wildman–Crippen MR) is 75.8 cm³/mol. The Labute approximate surface area is 121 Å². The van der Waals surface area contributed by atoms with Gasteiger partial charge in [0.15, 0.2) is 0 Å². The maximum absolute atomic E-state index is 10.5. The number of para-hydroxylation sites is 1. The zero-order valence-corrected chi connectivity index (χ0v) is 11.2. The van der Waals surface area contributed by atoms with Crippen LogP contribution in [0.15, 0.2) is 54.6 Å². The number of carboxylic acids is 1. The van der Waals surface area contributed by atoms with E-state index in [-0.39, 0.29) is 0 Å². The van der Waals surface area contributed by atoms with Gasteiger partial charge in [0.2, 0.25) is 5.88 Å². The Morgan fingerprint density at radius 3 is 2.57 bits per heavy atom. The van der Waals surface area contributed by atoms with Gasteiger partial charge in [-0.2, -0.15) is 0 Å². The van der Waals surface area contributed by atoms with Crippen LogP contribution in [-0.2, 0) is 11.3 Å². The molecular weight excluding hydrogens is 268 g/mol. The lowest BCUT2D eigenvalue weighted by Gasteiger charge is -2.04. The van der Waals surface area contributed by atoms with Crippen molar-refractivity contribution in [3.05, 3.63) is 60.2 Å². The lowest BCUT2D eigenvalue weighted by molar-refractivity contribution is -0.307. The molecule has 3 aromatic rings. The van der Waals surface area contributed by atoms with Crippen molar-refractivity contribution in [3.63, 3.8) is 0 Å². The summed E-state index contributed by atoms with van der Waals surface area (Å²) in [6.45, 7) is 0.0857. The van der Waals surface area contributed by atoms with Gasteiger partial charge in [0.25, 0.3) is 0 Å². The molecule has 0 fully saturated rings. The third kappa shape index (κ3) is 2.86. The number of benzene rings is 2. The fraction of sp³-hybridized carbons (Fsp3) is 0.125. The number of nitrogens with zero attached hydrogens (tertiary/aromatic N) is 2. The molecule has 0 spiro atoms. The van der Waals surface area contributed by atoms with E-state index in [4.69, 9.17) is 4.74 Å². The van der Waals surface area contributed by atoms with Crippen molar-refractivity contribution >= 4 is 16.9 Å². The van der Waals surface area contributed by atoms with Crippen molar-refractivity contribution in [1.29, 1.82) is 0 Å². The molecule has 0 amide bonds. The van der Waals surface area contributed by atoms with Crippen molar-refractivity contribution in [3.8, 4) is 5.88 Å². The second kappa shape index (κ2) is 5.66. The van der Waals surface area contributed by atoms with Gasteiger partial charge in [-0.3, -0.25) is 4.68 Å². The van der Waals surface area contributed by atoms with Crippen LogP contribution in [0.25, 0.3) is 10.9 Å². The van der Waals surface area contributed by atoms with Crippen molar-refractivity contribution in [1.82, 2.24) is 9.78 Å². The molecule has 0 saturated carbocycles. The Morgan fingerprint density at radius 2 is 1.81 bits per heavy atom. The van der Waals surface area contributed by atoms with Gasteiger partial charge in [-0.15, -0.1) is 5.10 Å². The molecule has 0 atom stereocenters. The van der Waals surface area contributed by atoms with Crippen LogP contribution in [0.1, 0.15) is 5.56 Å². The molecule has 1 aromatic heterocycles. The molecular formula is C16H13N2O3-. The molecule has 0 aliphatic rings. The van der Waals surface area contributed by atoms with Crippen molar-refractivity contribution in [2.24, 2.45) is 0 Å². The van der Waals surface area contributed by atoms with Crippen LogP contribution in [-0.4, -0.2) is 22.4 Å². The summed E-state index contributed by atoms with van der Waals surface area (Å²) in [5.74, 6) is -0.956. The minimum atomic E-state index is -1.27. The topological polar surface area (TPSA) is 67.2 Å². The average Bonchev–Trinajstić information content (AvgIpc) is 2.85. The summed E-state index contributed by atoms with van der Waals surface area (Å²) in [6, 6.07) is 17.5. The maximum Gasteiger partial charge on any atom is 0.241 e. The van der Waals surface area contributed by atoms with Gasteiger partial charge in [-0.1, -0.05) is 42.5 Å². The lowest BCUT2D eigenvalue weighted by Crippen LogP contribution is -2.29. The Morgan fingerprint density at radius 1 is 1.10 bits per heavy atom. The minimum absolute atomic E-state index is 0.311. The molecule has 2 aromatic carbocycles. The van der Waals surface area contributed by atoms with Crippen LogP contribution >= 0.6 is 0 Å². The van der Waals surface area contributed by atoms with Gasteiger partial charge >= 0.3 is 0 Å². The zero-order valence-electron chi connectivity index (χ0n) is 11.2. The first kappa shape index (κ1) is 13.2. The molecule has 0 unspecified atom stereocenters. The summed E-state index contributed by atoms with van der Waals surface area (Å²) >= 11 is 0. The SMILES string of the molecule is O=C([O-])COc1nn(Cc2ccccc2)c2ccccc12. The van der Waals surface area contributed by atoms with E-state index in [0.29, 0.717) is 12.4 Å².